The monoisotopic (exact) mass is 225 g/mol. The van der Waals surface area contributed by atoms with E-state index in [0.717, 1.165) is 45.9 Å². The third-order valence-electron chi connectivity index (χ3n) is 3.59. The molecule has 16 heavy (non-hydrogen) atoms. The molecule has 0 aromatic carbocycles. The van der Waals surface area contributed by atoms with Gasteiger partial charge in [0.05, 0.1) is 13.2 Å². The third kappa shape index (κ3) is 3.58. The highest BCUT2D eigenvalue weighted by molar-refractivity contribution is 5.06. The Hall–Kier alpha value is -0.380. The largest absolute Gasteiger partial charge is 0.381 e. The first kappa shape index (κ1) is 12.1. The normalized spacial score (nSPS) is 25.2. The molecule has 2 heterocycles. The van der Waals surface area contributed by atoms with E-state index in [1.54, 1.807) is 0 Å². The van der Waals surface area contributed by atoms with Crippen molar-refractivity contribution in [2.75, 3.05) is 39.5 Å². The standard InChI is InChI=1S/C13H23NO2/c1-13(4-7-15-8-5-13)11-14-9-12-3-2-6-16-10-12/h3,14H,2,4-11H2,1H3. The molecule has 1 N–H and O–H groups in total. The fraction of sp³-hybridized carbons (Fsp3) is 0.846. The maximum Gasteiger partial charge on any atom is 0.0689 e. The van der Waals surface area contributed by atoms with E-state index in [2.05, 4.69) is 18.3 Å². The van der Waals surface area contributed by atoms with Crippen molar-refractivity contribution in [2.45, 2.75) is 26.2 Å². The Morgan fingerprint density at radius 1 is 1.25 bits per heavy atom. The van der Waals surface area contributed by atoms with Crippen LogP contribution in [-0.2, 0) is 9.47 Å². The van der Waals surface area contributed by atoms with Gasteiger partial charge in [-0.1, -0.05) is 13.0 Å². The van der Waals surface area contributed by atoms with Gasteiger partial charge in [0, 0.05) is 26.3 Å². The van der Waals surface area contributed by atoms with Gasteiger partial charge < -0.3 is 14.8 Å². The highest BCUT2D eigenvalue weighted by atomic mass is 16.5. The topological polar surface area (TPSA) is 30.5 Å². The third-order valence-corrected chi connectivity index (χ3v) is 3.59. The lowest BCUT2D eigenvalue weighted by Crippen LogP contribution is -2.37. The van der Waals surface area contributed by atoms with Crippen LogP contribution in [-0.4, -0.2) is 39.5 Å². The Kier molecular flexibility index (Phi) is 4.38. The van der Waals surface area contributed by atoms with E-state index in [-0.39, 0.29) is 0 Å². The van der Waals surface area contributed by atoms with E-state index in [9.17, 15) is 0 Å². The van der Waals surface area contributed by atoms with E-state index in [4.69, 9.17) is 9.47 Å². The Morgan fingerprint density at radius 3 is 2.75 bits per heavy atom. The zero-order valence-corrected chi connectivity index (χ0v) is 10.3. The minimum atomic E-state index is 0.425. The predicted octanol–water partition coefficient (Wildman–Crippen LogP) is 1.74. The van der Waals surface area contributed by atoms with Crippen molar-refractivity contribution in [3.05, 3.63) is 11.6 Å². The van der Waals surface area contributed by atoms with Gasteiger partial charge in [0.1, 0.15) is 0 Å². The highest BCUT2D eigenvalue weighted by Gasteiger charge is 2.26. The molecule has 0 aromatic heterocycles. The van der Waals surface area contributed by atoms with Crippen LogP contribution in [0.3, 0.4) is 0 Å². The molecule has 2 rings (SSSR count). The summed E-state index contributed by atoms with van der Waals surface area (Å²) in [5.41, 5.74) is 1.83. The van der Waals surface area contributed by atoms with Gasteiger partial charge in [-0.3, -0.25) is 0 Å². The maximum atomic E-state index is 5.42. The molecule has 2 aliphatic heterocycles. The quantitative estimate of drug-likeness (QED) is 0.739. The van der Waals surface area contributed by atoms with Crippen LogP contribution in [0.4, 0.5) is 0 Å². The Balaban J connectivity index is 1.68. The van der Waals surface area contributed by atoms with Crippen molar-refractivity contribution >= 4 is 0 Å². The van der Waals surface area contributed by atoms with Crippen molar-refractivity contribution in [3.8, 4) is 0 Å². The van der Waals surface area contributed by atoms with Gasteiger partial charge in [-0.15, -0.1) is 0 Å². The minimum Gasteiger partial charge on any atom is -0.381 e. The molecule has 0 radical (unpaired) electrons. The van der Waals surface area contributed by atoms with Crippen LogP contribution in [0.25, 0.3) is 0 Å². The van der Waals surface area contributed by atoms with E-state index < -0.39 is 0 Å². The number of hydrogen-bond acceptors (Lipinski definition) is 3. The minimum absolute atomic E-state index is 0.425. The second kappa shape index (κ2) is 5.80. The van der Waals surface area contributed by atoms with Crippen LogP contribution < -0.4 is 5.32 Å². The first-order chi connectivity index (χ1) is 7.79. The van der Waals surface area contributed by atoms with E-state index in [1.807, 2.05) is 0 Å². The Bertz CT molecular complexity index is 244. The van der Waals surface area contributed by atoms with E-state index >= 15 is 0 Å². The fourth-order valence-electron chi connectivity index (χ4n) is 2.30. The van der Waals surface area contributed by atoms with Crippen LogP contribution in [0.1, 0.15) is 26.2 Å². The Labute approximate surface area is 98.2 Å². The van der Waals surface area contributed by atoms with Crippen LogP contribution in [0.5, 0.6) is 0 Å². The summed E-state index contributed by atoms with van der Waals surface area (Å²) < 4.78 is 10.8. The summed E-state index contributed by atoms with van der Waals surface area (Å²) >= 11 is 0. The molecule has 3 nitrogen and oxygen atoms in total. The molecule has 0 spiro atoms. The second-order valence-corrected chi connectivity index (χ2v) is 5.23. The van der Waals surface area contributed by atoms with Gasteiger partial charge in [-0.05, 0) is 30.3 Å². The van der Waals surface area contributed by atoms with Gasteiger partial charge in [-0.2, -0.15) is 0 Å². The number of ether oxygens (including phenoxy) is 2. The zero-order valence-electron chi connectivity index (χ0n) is 10.3. The predicted molar refractivity (Wildman–Crippen MR) is 64.5 cm³/mol. The molecule has 0 aromatic rings. The van der Waals surface area contributed by atoms with E-state index in [0.29, 0.717) is 5.41 Å². The van der Waals surface area contributed by atoms with E-state index in [1.165, 1.54) is 18.4 Å². The average Bonchev–Trinajstić information content (AvgIpc) is 2.31. The van der Waals surface area contributed by atoms with Gasteiger partial charge in [0.15, 0.2) is 0 Å². The lowest BCUT2D eigenvalue weighted by molar-refractivity contribution is 0.0243. The van der Waals surface area contributed by atoms with Crippen LogP contribution in [0.2, 0.25) is 0 Å². The van der Waals surface area contributed by atoms with Crippen molar-refractivity contribution < 1.29 is 9.47 Å². The van der Waals surface area contributed by atoms with Crippen LogP contribution in [0.15, 0.2) is 11.6 Å². The van der Waals surface area contributed by atoms with Gasteiger partial charge in [0.2, 0.25) is 0 Å². The molecule has 0 bridgehead atoms. The molecule has 92 valence electrons. The fourth-order valence-corrected chi connectivity index (χ4v) is 2.30. The smallest absolute Gasteiger partial charge is 0.0689 e. The molecular weight excluding hydrogens is 202 g/mol. The lowest BCUT2D eigenvalue weighted by Gasteiger charge is -2.34. The number of nitrogens with one attached hydrogen (secondary N) is 1. The average molecular weight is 225 g/mol. The number of rotatable bonds is 4. The summed E-state index contributed by atoms with van der Waals surface area (Å²) in [6.07, 6.45) is 5.73. The van der Waals surface area contributed by atoms with Crippen molar-refractivity contribution in [3.63, 3.8) is 0 Å². The molecule has 0 atom stereocenters. The summed E-state index contributed by atoms with van der Waals surface area (Å²) in [7, 11) is 0. The lowest BCUT2D eigenvalue weighted by atomic mass is 9.82. The summed E-state index contributed by atoms with van der Waals surface area (Å²) in [5, 5.41) is 3.56. The van der Waals surface area contributed by atoms with Crippen LogP contribution in [0, 0.1) is 5.41 Å². The second-order valence-electron chi connectivity index (χ2n) is 5.23. The first-order valence-corrected chi connectivity index (χ1v) is 6.33. The maximum absolute atomic E-state index is 5.42. The summed E-state index contributed by atoms with van der Waals surface area (Å²) in [6, 6.07) is 0. The van der Waals surface area contributed by atoms with Crippen molar-refractivity contribution in [1.82, 2.24) is 5.32 Å². The molecule has 1 fully saturated rings. The van der Waals surface area contributed by atoms with Crippen LogP contribution >= 0.6 is 0 Å². The molecule has 3 heteroatoms. The zero-order chi connectivity index (χ0) is 11.3. The van der Waals surface area contributed by atoms with Gasteiger partial charge in [-0.25, -0.2) is 0 Å². The first-order valence-electron chi connectivity index (χ1n) is 6.33. The molecule has 0 amide bonds. The van der Waals surface area contributed by atoms with Crippen molar-refractivity contribution in [1.29, 1.82) is 0 Å². The SMILES string of the molecule is CC1(CNCC2=CCCOC2)CCOCC1. The molecule has 1 saturated heterocycles. The molecule has 0 unspecified atom stereocenters. The molecule has 0 aliphatic carbocycles. The van der Waals surface area contributed by atoms with Gasteiger partial charge >= 0.3 is 0 Å². The number of hydrogen-bond donors (Lipinski definition) is 1. The molecular formula is C13H23NO2. The van der Waals surface area contributed by atoms with Gasteiger partial charge in [0.25, 0.3) is 0 Å². The highest BCUT2D eigenvalue weighted by Crippen LogP contribution is 2.28. The Morgan fingerprint density at radius 2 is 2.06 bits per heavy atom. The van der Waals surface area contributed by atoms with Crippen molar-refractivity contribution in [2.24, 2.45) is 5.41 Å². The summed E-state index contributed by atoms with van der Waals surface area (Å²) in [6.45, 7) is 7.97. The molecule has 2 aliphatic rings. The summed E-state index contributed by atoms with van der Waals surface area (Å²) in [4.78, 5) is 0. The summed E-state index contributed by atoms with van der Waals surface area (Å²) in [5.74, 6) is 0. The molecule has 0 saturated carbocycles.